The Bertz CT molecular complexity index is 2300. The quantitative estimate of drug-likeness (QED) is 0.0598. The molecule has 0 heterocycles. The number of para-hydroxylation sites is 2. The van der Waals surface area contributed by atoms with Crippen molar-refractivity contribution in [3.8, 4) is 23.0 Å². The van der Waals surface area contributed by atoms with E-state index in [0.717, 1.165) is 22.5 Å². The lowest BCUT2D eigenvalue weighted by Crippen LogP contribution is -2.15. The second-order valence-corrected chi connectivity index (χ2v) is 13.9. The summed E-state index contributed by atoms with van der Waals surface area (Å²) in [6.07, 6.45) is 0. The fraction of sp³-hybridized carbons (Fsp3) is 0.120. The average Bonchev–Trinajstić information content (AvgIpc) is 3.27. The van der Waals surface area contributed by atoms with Gasteiger partial charge in [-0.2, -0.15) is 0 Å². The molecule has 2 N–H and O–H groups in total. The number of nitrogens with two attached hydrogens (primary N) is 1. The summed E-state index contributed by atoms with van der Waals surface area (Å²) in [5, 5.41) is 0.952. The molecule has 7 nitrogen and oxygen atoms in total. The van der Waals surface area contributed by atoms with Crippen LogP contribution in [0.5, 0.6) is 23.0 Å². The number of aryl methyl sites for hydroxylation is 1. The van der Waals surface area contributed by atoms with Crippen LogP contribution in [0.3, 0.4) is 0 Å². The largest absolute Gasteiger partial charge is 0.488 e. The van der Waals surface area contributed by atoms with Crippen LogP contribution in [-0.4, -0.2) is 11.9 Å². The van der Waals surface area contributed by atoms with Gasteiger partial charge in [-0.3, -0.25) is 0 Å². The molecule has 0 unspecified atom stereocenters. The first-order valence-corrected chi connectivity index (χ1v) is 20.0. The van der Waals surface area contributed by atoms with Gasteiger partial charge in [0.2, 0.25) is 0 Å². The monoisotopic (exact) mass is 871 g/mol. The smallest absolute Gasteiger partial charge is 0.347 e. The highest BCUT2D eigenvalue weighted by Gasteiger charge is 2.25. The molecule has 7 rings (SSSR count). The fourth-order valence-corrected chi connectivity index (χ4v) is 6.12. The molecule has 0 aromatic heterocycles. The van der Waals surface area contributed by atoms with Crippen LogP contribution in [-0.2, 0) is 18.5 Å². The summed E-state index contributed by atoms with van der Waals surface area (Å²) in [5.41, 5.74) is 10.1. The number of anilines is 1. The predicted molar refractivity (Wildman–Crippen MR) is 235 cm³/mol. The minimum atomic E-state index is -0.719. The van der Waals surface area contributed by atoms with Crippen molar-refractivity contribution in [2.24, 2.45) is 0 Å². The molecule has 0 amide bonds. The van der Waals surface area contributed by atoms with Gasteiger partial charge in [-0.15, -0.1) is 0 Å². The normalized spacial score (nSPS) is 10.2. The third kappa shape index (κ3) is 12.6. The average molecular weight is 873 g/mol. The van der Waals surface area contributed by atoms with Crippen LogP contribution in [0, 0.1) is 32.4 Å². The number of esters is 2. The maximum absolute atomic E-state index is 14.2. The molecule has 0 spiro atoms. The number of hydrogen-bond acceptors (Lipinski definition) is 7. The first-order valence-electron chi connectivity index (χ1n) is 18.9. The summed E-state index contributed by atoms with van der Waals surface area (Å²) in [6.45, 7) is 5.22. The van der Waals surface area contributed by atoms with E-state index in [-0.39, 0.29) is 46.9 Å². The molecular formula is C50H44BrF2NO6. The maximum Gasteiger partial charge on any atom is 0.347 e. The summed E-state index contributed by atoms with van der Waals surface area (Å²) >= 11 is 3.36. The molecule has 0 bridgehead atoms. The van der Waals surface area contributed by atoms with E-state index >= 15 is 0 Å². The number of nitrogen functional groups attached to an aromatic ring is 1. The molecular weight excluding hydrogens is 828 g/mol. The number of benzene rings is 7. The number of carbonyl (C=O) groups is 2. The second kappa shape index (κ2) is 22.4. The summed E-state index contributed by atoms with van der Waals surface area (Å²) in [4.78, 5) is 25.3. The van der Waals surface area contributed by atoms with E-state index in [4.69, 9.17) is 24.7 Å². The molecule has 306 valence electrons. The van der Waals surface area contributed by atoms with E-state index in [1.807, 2.05) is 84.9 Å². The van der Waals surface area contributed by atoms with E-state index in [1.54, 1.807) is 68.4 Å². The first kappa shape index (κ1) is 44.3. The Labute approximate surface area is 357 Å². The van der Waals surface area contributed by atoms with Crippen LogP contribution >= 0.6 is 15.9 Å². The summed E-state index contributed by atoms with van der Waals surface area (Å²) in [7, 11) is 0. The van der Waals surface area contributed by atoms with Crippen molar-refractivity contribution in [2.75, 3.05) is 5.73 Å². The zero-order valence-corrected chi connectivity index (χ0v) is 35.0. The molecule has 0 atom stereocenters. The molecule has 0 radical (unpaired) electrons. The van der Waals surface area contributed by atoms with Crippen LogP contribution in [0.4, 0.5) is 14.5 Å². The van der Waals surface area contributed by atoms with Crippen LogP contribution in [0.15, 0.2) is 164 Å². The van der Waals surface area contributed by atoms with E-state index in [9.17, 15) is 18.4 Å². The van der Waals surface area contributed by atoms with Crippen molar-refractivity contribution in [1.82, 2.24) is 0 Å². The summed E-state index contributed by atoms with van der Waals surface area (Å²) in [6, 6.07) is 49.0. The van der Waals surface area contributed by atoms with Crippen molar-refractivity contribution in [3.05, 3.63) is 220 Å². The highest BCUT2D eigenvalue weighted by atomic mass is 79.9. The van der Waals surface area contributed by atoms with E-state index in [1.165, 1.54) is 18.6 Å². The van der Waals surface area contributed by atoms with Crippen molar-refractivity contribution in [3.63, 3.8) is 0 Å². The zero-order chi connectivity index (χ0) is 42.9. The SMILES string of the molecule is BrCc1ccccc1.Cc1c(F)cc(N)c(OCc2ccccc2)c1C(=O)Oc1ccccc1.Cc1cc(F)c(C)c(C(=O)Oc2ccccc2)c1OCc1ccccc1. The third-order valence-electron chi connectivity index (χ3n) is 8.93. The lowest BCUT2D eigenvalue weighted by Gasteiger charge is -2.16. The van der Waals surface area contributed by atoms with Gasteiger partial charge >= 0.3 is 11.9 Å². The van der Waals surface area contributed by atoms with Gasteiger partial charge in [0.15, 0.2) is 5.75 Å². The van der Waals surface area contributed by atoms with E-state index in [2.05, 4.69) is 28.1 Å². The van der Waals surface area contributed by atoms with Crippen molar-refractivity contribution in [2.45, 2.75) is 39.3 Å². The van der Waals surface area contributed by atoms with Gasteiger partial charge in [-0.1, -0.05) is 143 Å². The second-order valence-electron chi connectivity index (χ2n) is 13.4. The van der Waals surface area contributed by atoms with Crippen LogP contribution < -0.4 is 24.7 Å². The van der Waals surface area contributed by atoms with E-state index < -0.39 is 23.6 Å². The number of ether oxygens (including phenoxy) is 4. The lowest BCUT2D eigenvalue weighted by atomic mass is 10.0. The number of hydrogen-bond donors (Lipinski definition) is 1. The zero-order valence-electron chi connectivity index (χ0n) is 33.4. The maximum atomic E-state index is 14.2. The Morgan fingerprint density at radius 1 is 0.517 bits per heavy atom. The molecule has 10 heteroatoms. The molecule has 0 saturated heterocycles. The molecule has 60 heavy (non-hydrogen) atoms. The molecule has 0 aliphatic rings. The van der Waals surface area contributed by atoms with Crippen molar-refractivity contribution in [1.29, 1.82) is 0 Å². The number of alkyl halides is 1. The Kier molecular flexibility index (Phi) is 16.5. The standard InChI is InChI=1S/C22H19FO3.C21H18FNO3.C7H7Br/c1-15-13-19(23)16(2)20(22(24)26-18-11-7-4-8-12-18)21(15)25-14-17-9-5-3-6-10-17;1-14-17(22)12-18(23)20(25-13-15-8-4-2-5-9-15)19(14)21(24)26-16-10-6-3-7-11-16;8-6-7-4-2-1-3-5-7/h3-13H,14H2,1-2H3;2-12H,13,23H2,1H3;1-5H,6H2. The Hall–Kier alpha value is -6.78. The van der Waals surface area contributed by atoms with Gasteiger partial charge in [0.05, 0.1) is 5.69 Å². The van der Waals surface area contributed by atoms with Gasteiger partial charge in [-0.25, -0.2) is 18.4 Å². The molecule has 0 aliphatic carbocycles. The minimum Gasteiger partial charge on any atom is -0.488 e. The molecule has 0 saturated carbocycles. The number of halogens is 3. The van der Waals surface area contributed by atoms with Crippen LogP contribution in [0.1, 0.15) is 54.1 Å². The van der Waals surface area contributed by atoms with Gasteiger partial charge < -0.3 is 24.7 Å². The van der Waals surface area contributed by atoms with Crippen LogP contribution in [0.25, 0.3) is 0 Å². The lowest BCUT2D eigenvalue weighted by molar-refractivity contribution is 0.0718. The molecule has 7 aromatic rings. The molecule has 0 aliphatic heterocycles. The summed E-state index contributed by atoms with van der Waals surface area (Å²) < 4.78 is 50.7. The minimum absolute atomic E-state index is 0.0118. The molecule has 0 fully saturated rings. The van der Waals surface area contributed by atoms with Gasteiger partial charge in [0.25, 0.3) is 0 Å². The fourth-order valence-electron chi connectivity index (χ4n) is 5.75. The Morgan fingerprint density at radius 2 is 0.867 bits per heavy atom. The highest BCUT2D eigenvalue weighted by molar-refractivity contribution is 9.08. The number of carbonyl (C=O) groups excluding carboxylic acids is 2. The van der Waals surface area contributed by atoms with Crippen molar-refractivity contribution < 1.29 is 37.3 Å². The first-order chi connectivity index (χ1) is 29.0. The van der Waals surface area contributed by atoms with Crippen molar-refractivity contribution >= 4 is 33.6 Å². The van der Waals surface area contributed by atoms with Gasteiger partial charge in [0.1, 0.15) is 53.2 Å². The van der Waals surface area contributed by atoms with Crippen LogP contribution in [0.2, 0.25) is 0 Å². The summed E-state index contributed by atoms with van der Waals surface area (Å²) in [5.74, 6) is -1.20. The third-order valence-corrected chi connectivity index (χ3v) is 9.58. The highest BCUT2D eigenvalue weighted by Crippen LogP contribution is 2.34. The van der Waals surface area contributed by atoms with Gasteiger partial charge in [-0.05, 0) is 73.4 Å². The molecule has 7 aromatic carbocycles. The topological polar surface area (TPSA) is 97.1 Å². The van der Waals surface area contributed by atoms with Gasteiger partial charge in [0, 0.05) is 22.5 Å². The van der Waals surface area contributed by atoms with E-state index in [0.29, 0.717) is 22.8 Å². The Morgan fingerprint density at radius 3 is 1.27 bits per heavy atom. The number of rotatable bonds is 11. The Balaban J connectivity index is 0.000000192. The predicted octanol–water partition coefficient (Wildman–Crippen LogP) is 12.3.